The highest BCUT2D eigenvalue weighted by Gasteiger charge is 2.43. The average molecular weight is 269 g/mol. The minimum Gasteiger partial charge on any atom is -0.380 e. The SMILES string of the molecule is CNC(C1CCOC2(CCCC2)C1)C(OC)C(C)C. The highest BCUT2D eigenvalue weighted by molar-refractivity contribution is 4.96. The Balaban J connectivity index is 2.05. The molecule has 2 fully saturated rings. The lowest BCUT2D eigenvalue weighted by molar-refractivity contribution is -0.109. The van der Waals surface area contributed by atoms with Crippen LogP contribution in [0.3, 0.4) is 0 Å². The van der Waals surface area contributed by atoms with E-state index < -0.39 is 0 Å². The molecule has 1 saturated carbocycles. The molecule has 1 spiro atoms. The number of hydrogen-bond donors (Lipinski definition) is 1. The molecule has 1 N–H and O–H groups in total. The van der Waals surface area contributed by atoms with Crippen LogP contribution in [0.15, 0.2) is 0 Å². The number of methoxy groups -OCH3 is 1. The first kappa shape index (κ1) is 15.3. The molecule has 0 bridgehead atoms. The van der Waals surface area contributed by atoms with Gasteiger partial charge in [0.25, 0.3) is 0 Å². The third kappa shape index (κ3) is 3.32. The zero-order chi connectivity index (χ0) is 13.9. The number of hydrogen-bond acceptors (Lipinski definition) is 3. The minimum absolute atomic E-state index is 0.202. The lowest BCUT2D eigenvalue weighted by Crippen LogP contribution is -2.51. The molecule has 3 atom stereocenters. The third-order valence-electron chi connectivity index (χ3n) is 5.17. The smallest absolute Gasteiger partial charge is 0.0749 e. The van der Waals surface area contributed by atoms with Gasteiger partial charge in [0.15, 0.2) is 0 Å². The van der Waals surface area contributed by atoms with Crippen molar-refractivity contribution in [1.82, 2.24) is 5.32 Å². The summed E-state index contributed by atoms with van der Waals surface area (Å²) in [5.74, 6) is 1.23. The molecule has 3 heteroatoms. The maximum atomic E-state index is 6.16. The fourth-order valence-corrected chi connectivity index (χ4v) is 4.24. The largest absolute Gasteiger partial charge is 0.380 e. The average Bonchev–Trinajstić information content (AvgIpc) is 2.83. The van der Waals surface area contributed by atoms with Crippen LogP contribution >= 0.6 is 0 Å². The lowest BCUT2D eigenvalue weighted by Gasteiger charge is -2.43. The monoisotopic (exact) mass is 269 g/mol. The zero-order valence-corrected chi connectivity index (χ0v) is 13.1. The molecular weight excluding hydrogens is 238 g/mol. The van der Waals surface area contributed by atoms with Gasteiger partial charge < -0.3 is 14.8 Å². The first-order chi connectivity index (χ1) is 9.12. The minimum atomic E-state index is 0.202. The highest BCUT2D eigenvalue weighted by atomic mass is 16.5. The molecule has 2 aliphatic rings. The van der Waals surface area contributed by atoms with Crippen LogP contribution < -0.4 is 5.32 Å². The van der Waals surface area contributed by atoms with Crippen molar-refractivity contribution in [2.24, 2.45) is 11.8 Å². The van der Waals surface area contributed by atoms with Crippen LogP contribution in [-0.4, -0.2) is 38.5 Å². The molecule has 3 nitrogen and oxygen atoms in total. The number of ether oxygens (including phenoxy) is 2. The first-order valence-corrected chi connectivity index (χ1v) is 7.96. The normalized spacial score (nSPS) is 29.8. The van der Waals surface area contributed by atoms with Crippen molar-refractivity contribution in [1.29, 1.82) is 0 Å². The van der Waals surface area contributed by atoms with Crippen LogP contribution in [0.2, 0.25) is 0 Å². The molecule has 0 aromatic rings. The van der Waals surface area contributed by atoms with Gasteiger partial charge in [-0.05, 0) is 44.6 Å². The van der Waals surface area contributed by atoms with Gasteiger partial charge in [-0.3, -0.25) is 0 Å². The number of nitrogens with one attached hydrogen (secondary N) is 1. The van der Waals surface area contributed by atoms with Crippen LogP contribution in [0.5, 0.6) is 0 Å². The van der Waals surface area contributed by atoms with Crippen molar-refractivity contribution in [3.63, 3.8) is 0 Å². The van der Waals surface area contributed by atoms with E-state index in [1.54, 1.807) is 0 Å². The van der Waals surface area contributed by atoms with Crippen molar-refractivity contribution in [3.8, 4) is 0 Å². The molecular formula is C16H31NO2. The molecule has 2 rings (SSSR count). The molecule has 0 aromatic heterocycles. The summed E-state index contributed by atoms with van der Waals surface area (Å²) < 4.78 is 11.9. The zero-order valence-electron chi connectivity index (χ0n) is 13.1. The van der Waals surface area contributed by atoms with Gasteiger partial charge in [0.1, 0.15) is 0 Å². The Labute approximate surface area is 118 Å². The summed E-state index contributed by atoms with van der Waals surface area (Å²) in [6.45, 7) is 5.43. The predicted octanol–water partition coefficient (Wildman–Crippen LogP) is 2.98. The van der Waals surface area contributed by atoms with Crippen molar-refractivity contribution >= 4 is 0 Å². The molecule has 112 valence electrons. The van der Waals surface area contributed by atoms with E-state index in [2.05, 4.69) is 26.2 Å². The Bertz CT molecular complexity index is 274. The molecule has 1 aliphatic heterocycles. The Morgan fingerprint density at radius 1 is 1.26 bits per heavy atom. The molecule has 0 radical (unpaired) electrons. The van der Waals surface area contributed by atoms with E-state index >= 15 is 0 Å². The predicted molar refractivity (Wildman–Crippen MR) is 78.4 cm³/mol. The van der Waals surface area contributed by atoms with Gasteiger partial charge in [0.2, 0.25) is 0 Å². The van der Waals surface area contributed by atoms with E-state index in [0.717, 1.165) is 6.61 Å². The topological polar surface area (TPSA) is 30.5 Å². The van der Waals surface area contributed by atoms with Gasteiger partial charge in [-0.15, -0.1) is 0 Å². The van der Waals surface area contributed by atoms with Crippen LogP contribution in [0.25, 0.3) is 0 Å². The summed E-state index contributed by atoms with van der Waals surface area (Å²) in [4.78, 5) is 0. The molecule has 1 heterocycles. The van der Waals surface area contributed by atoms with Crippen molar-refractivity contribution in [2.45, 2.75) is 70.1 Å². The third-order valence-corrected chi connectivity index (χ3v) is 5.17. The van der Waals surface area contributed by atoms with E-state index in [1.165, 1.54) is 38.5 Å². The second-order valence-electron chi connectivity index (χ2n) is 6.75. The summed E-state index contributed by atoms with van der Waals surface area (Å²) in [5.41, 5.74) is 0.202. The standard InChI is InChI=1S/C16H31NO2/c1-12(2)15(18-4)14(17-3)13-7-10-19-16(11-13)8-5-6-9-16/h12-15,17H,5-11H2,1-4H3. The summed E-state index contributed by atoms with van der Waals surface area (Å²) in [6.07, 6.45) is 7.89. The summed E-state index contributed by atoms with van der Waals surface area (Å²) in [5, 5.41) is 3.53. The van der Waals surface area contributed by atoms with Crippen LogP contribution in [0, 0.1) is 11.8 Å². The van der Waals surface area contributed by atoms with Gasteiger partial charge >= 0.3 is 0 Å². The number of likely N-dealkylation sites (N-methyl/N-ethyl adjacent to an activating group) is 1. The highest BCUT2D eigenvalue weighted by Crippen LogP contribution is 2.43. The van der Waals surface area contributed by atoms with E-state index in [9.17, 15) is 0 Å². The fraction of sp³-hybridized carbons (Fsp3) is 1.00. The van der Waals surface area contributed by atoms with E-state index in [0.29, 0.717) is 24.0 Å². The molecule has 3 unspecified atom stereocenters. The Hall–Kier alpha value is -0.120. The Morgan fingerprint density at radius 2 is 1.95 bits per heavy atom. The Kier molecular flexibility index (Phi) is 5.27. The molecule has 0 aromatic carbocycles. The lowest BCUT2D eigenvalue weighted by atomic mass is 9.77. The van der Waals surface area contributed by atoms with Gasteiger partial charge in [0.05, 0.1) is 11.7 Å². The van der Waals surface area contributed by atoms with Gasteiger partial charge in [-0.25, -0.2) is 0 Å². The molecule has 1 saturated heterocycles. The summed E-state index contributed by atoms with van der Waals surface area (Å²) in [7, 11) is 3.93. The second-order valence-corrected chi connectivity index (χ2v) is 6.75. The second kappa shape index (κ2) is 6.55. The maximum absolute atomic E-state index is 6.16. The van der Waals surface area contributed by atoms with E-state index in [1.807, 2.05) is 7.11 Å². The van der Waals surface area contributed by atoms with E-state index in [4.69, 9.17) is 9.47 Å². The van der Waals surface area contributed by atoms with Crippen LogP contribution in [-0.2, 0) is 9.47 Å². The maximum Gasteiger partial charge on any atom is 0.0749 e. The quantitative estimate of drug-likeness (QED) is 0.832. The van der Waals surface area contributed by atoms with Crippen molar-refractivity contribution in [2.75, 3.05) is 20.8 Å². The molecule has 19 heavy (non-hydrogen) atoms. The van der Waals surface area contributed by atoms with E-state index in [-0.39, 0.29) is 5.60 Å². The molecule has 1 aliphatic carbocycles. The summed E-state index contributed by atoms with van der Waals surface area (Å²) >= 11 is 0. The van der Waals surface area contributed by atoms with Crippen LogP contribution in [0.1, 0.15) is 52.4 Å². The molecule has 0 amide bonds. The summed E-state index contributed by atoms with van der Waals surface area (Å²) in [6, 6.07) is 0.450. The van der Waals surface area contributed by atoms with Crippen molar-refractivity contribution < 1.29 is 9.47 Å². The first-order valence-electron chi connectivity index (χ1n) is 7.96. The van der Waals surface area contributed by atoms with Crippen LogP contribution in [0.4, 0.5) is 0 Å². The van der Waals surface area contributed by atoms with Gasteiger partial charge in [0, 0.05) is 19.8 Å². The van der Waals surface area contributed by atoms with Gasteiger partial charge in [-0.1, -0.05) is 26.7 Å². The number of rotatable bonds is 5. The van der Waals surface area contributed by atoms with Crippen molar-refractivity contribution in [3.05, 3.63) is 0 Å². The fourth-order valence-electron chi connectivity index (χ4n) is 4.24. The Morgan fingerprint density at radius 3 is 2.47 bits per heavy atom. The van der Waals surface area contributed by atoms with Gasteiger partial charge in [-0.2, -0.15) is 0 Å².